The van der Waals surface area contributed by atoms with Crippen LogP contribution in [0.15, 0.2) is 35.0 Å². The van der Waals surface area contributed by atoms with Crippen LogP contribution in [-0.4, -0.2) is 35.9 Å². The molecule has 0 aliphatic carbocycles. The molecule has 0 amide bonds. The number of hydrogen-bond acceptors (Lipinski definition) is 5. The summed E-state index contributed by atoms with van der Waals surface area (Å²) in [6.45, 7) is 1.73. The van der Waals surface area contributed by atoms with Gasteiger partial charge < -0.3 is 14.5 Å². The number of esters is 1. The fourth-order valence-electron chi connectivity index (χ4n) is 1.65. The Hall–Kier alpha value is -1.95. The van der Waals surface area contributed by atoms with Gasteiger partial charge in [0.15, 0.2) is 5.16 Å². The number of methoxy groups -OCH3 is 2. The Bertz CT molecular complexity index is 649. The molecule has 6 heteroatoms. The van der Waals surface area contributed by atoms with Crippen molar-refractivity contribution in [2.75, 3.05) is 20.0 Å². The average Bonchev–Trinajstić information content (AvgIpc) is 2.87. The highest BCUT2D eigenvalue weighted by Crippen LogP contribution is 2.23. The van der Waals surface area contributed by atoms with Gasteiger partial charge in [-0.25, -0.2) is 9.78 Å². The van der Waals surface area contributed by atoms with E-state index >= 15 is 0 Å². The summed E-state index contributed by atoms with van der Waals surface area (Å²) in [6, 6.07) is 5.69. The summed E-state index contributed by atoms with van der Waals surface area (Å²) in [7, 11) is 3.01. The third kappa shape index (κ3) is 3.33. The molecule has 2 aromatic rings. The van der Waals surface area contributed by atoms with Gasteiger partial charge in [-0.05, 0) is 19.1 Å². The Kier molecular flexibility index (Phi) is 4.68. The zero-order valence-electron chi connectivity index (χ0n) is 11.6. The number of fused-ring (bicyclic) bond motifs is 1. The predicted octanol–water partition coefficient (Wildman–Crippen LogP) is 2.78. The fourth-order valence-corrected chi connectivity index (χ4v) is 2.49. The van der Waals surface area contributed by atoms with Crippen LogP contribution in [0, 0.1) is 0 Å². The zero-order valence-corrected chi connectivity index (χ0v) is 12.4. The maximum atomic E-state index is 11.2. The van der Waals surface area contributed by atoms with Crippen molar-refractivity contribution >= 4 is 28.8 Å². The molecule has 1 heterocycles. The number of benzene rings is 1. The number of imidazole rings is 1. The summed E-state index contributed by atoms with van der Waals surface area (Å²) in [5.74, 6) is 1.14. The molecule has 0 unspecified atom stereocenters. The number of nitrogens with one attached hydrogen (secondary N) is 1. The molecule has 0 saturated carbocycles. The number of aromatic nitrogens is 2. The highest BCUT2D eigenvalue weighted by molar-refractivity contribution is 7.99. The lowest BCUT2D eigenvalue weighted by atomic mass is 10.3. The minimum atomic E-state index is -0.306. The van der Waals surface area contributed by atoms with Crippen molar-refractivity contribution in [1.82, 2.24) is 9.97 Å². The van der Waals surface area contributed by atoms with Gasteiger partial charge in [0.2, 0.25) is 0 Å². The lowest BCUT2D eigenvalue weighted by Gasteiger charge is -1.97. The van der Waals surface area contributed by atoms with Gasteiger partial charge in [0, 0.05) is 17.4 Å². The summed E-state index contributed by atoms with van der Waals surface area (Å²) in [5.41, 5.74) is 2.42. The summed E-state index contributed by atoms with van der Waals surface area (Å²) >= 11 is 1.52. The Morgan fingerprint density at radius 3 is 2.95 bits per heavy atom. The van der Waals surface area contributed by atoms with Gasteiger partial charge in [0.05, 0.1) is 25.3 Å². The number of thioether (sulfide) groups is 1. The fraction of sp³-hybridized carbons (Fsp3) is 0.286. The van der Waals surface area contributed by atoms with E-state index in [0.717, 1.165) is 21.9 Å². The minimum Gasteiger partial charge on any atom is -0.497 e. The first-order valence-corrected chi connectivity index (χ1v) is 7.04. The lowest BCUT2D eigenvalue weighted by Crippen LogP contribution is -2.01. The third-order valence-corrected chi connectivity index (χ3v) is 3.58. The van der Waals surface area contributed by atoms with E-state index in [1.807, 2.05) is 24.3 Å². The summed E-state index contributed by atoms with van der Waals surface area (Å²) in [4.78, 5) is 18.9. The normalized spacial score (nSPS) is 11.7. The quantitative estimate of drug-likeness (QED) is 0.521. The second kappa shape index (κ2) is 6.47. The number of H-pyrrole nitrogens is 1. The molecule has 0 fully saturated rings. The standard InChI is InChI=1S/C14H16N2O3S/c1-9(13(17)19-3)6-7-20-14-15-11-5-4-10(18-2)8-12(11)16-14/h4-6,8H,7H2,1-3H3,(H,15,16). The van der Waals surface area contributed by atoms with Gasteiger partial charge in [-0.15, -0.1) is 0 Å². The molecule has 5 nitrogen and oxygen atoms in total. The molecule has 1 aromatic carbocycles. The number of hydrogen-bond donors (Lipinski definition) is 1. The first-order valence-electron chi connectivity index (χ1n) is 6.05. The van der Waals surface area contributed by atoms with Crippen molar-refractivity contribution in [1.29, 1.82) is 0 Å². The molecule has 0 aliphatic heterocycles. The van der Waals surface area contributed by atoms with Crippen LogP contribution in [-0.2, 0) is 9.53 Å². The Balaban J connectivity index is 2.05. The van der Waals surface area contributed by atoms with Crippen LogP contribution in [0.4, 0.5) is 0 Å². The Labute approximate surface area is 121 Å². The van der Waals surface area contributed by atoms with Crippen molar-refractivity contribution in [2.45, 2.75) is 12.1 Å². The monoisotopic (exact) mass is 292 g/mol. The van der Waals surface area contributed by atoms with Crippen LogP contribution < -0.4 is 4.74 Å². The second-order valence-corrected chi connectivity index (χ2v) is 5.12. The van der Waals surface area contributed by atoms with Crippen molar-refractivity contribution in [3.05, 3.63) is 29.8 Å². The van der Waals surface area contributed by atoms with Gasteiger partial charge in [-0.3, -0.25) is 0 Å². The number of carbonyl (C=O) groups excluding carboxylic acids is 1. The summed E-state index contributed by atoms with van der Waals surface area (Å²) in [5, 5.41) is 0.808. The molecule has 2 rings (SSSR count). The van der Waals surface area contributed by atoms with Crippen LogP contribution in [0.2, 0.25) is 0 Å². The molecular weight excluding hydrogens is 276 g/mol. The highest BCUT2D eigenvalue weighted by Gasteiger charge is 2.05. The smallest absolute Gasteiger partial charge is 0.333 e. The lowest BCUT2D eigenvalue weighted by molar-refractivity contribution is -0.136. The Morgan fingerprint density at radius 1 is 1.45 bits per heavy atom. The van der Waals surface area contributed by atoms with Crippen LogP contribution >= 0.6 is 11.8 Å². The van der Waals surface area contributed by atoms with Gasteiger partial charge in [-0.1, -0.05) is 17.8 Å². The molecule has 0 aliphatic rings. The van der Waals surface area contributed by atoms with Crippen molar-refractivity contribution < 1.29 is 14.3 Å². The van der Waals surface area contributed by atoms with Gasteiger partial charge in [0.25, 0.3) is 0 Å². The van der Waals surface area contributed by atoms with Crippen molar-refractivity contribution in [3.63, 3.8) is 0 Å². The molecule has 20 heavy (non-hydrogen) atoms. The van der Waals surface area contributed by atoms with E-state index in [0.29, 0.717) is 11.3 Å². The number of aromatic amines is 1. The van der Waals surface area contributed by atoms with Crippen LogP contribution in [0.1, 0.15) is 6.92 Å². The van der Waals surface area contributed by atoms with E-state index in [1.165, 1.54) is 18.9 Å². The molecule has 0 radical (unpaired) electrons. The van der Waals surface area contributed by atoms with Gasteiger partial charge >= 0.3 is 5.97 Å². The maximum absolute atomic E-state index is 11.2. The van der Waals surface area contributed by atoms with E-state index in [1.54, 1.807) is 14.0 Å². The predicted molar refractivity (Wildman–Crippen MR) is 79.1 cm³/mol. The zero-order chi connectivity index (χ0) is 14.5. The number of ether oxygens (including phenoxy) is 2. The maximum Gasteiger partial charge on any atom is 0.333 e. The number of nitrogens with zero attached hydrogens (tertiary/aromatic N) is 1. The van der Waals surface area contributed by atoms with E-state index in [4.69, 9.17) is 4.74 Å². The van der Waals surface area contributed by atoms with Crippen LogP contribution in [0.25, 0.3) is 11.0 Å². The van der Waals surface area contributed by atoms with E-state index < -0.39 is 0 Å². The van der Waals surface area contributed by atoms with E-state index in [9.17, 15) is 4.79 Å². The van der Waals surface area contributed by atoms with Crippen molar-refractivity contribution in [3.8, 4) is 5.75 Å². The van der Waals surface area contributed by atoms with Crippen LogP contribution in [0.3, 0.4) is 0 Å². The van der Waals surface area contributed by atoms with E-state index in [-0.39, 0.29) is 5.97 Å². The Morgan fingerprint density at radius 2 is 2.25 bits per heavy atom. The van der Waals surface area contributed by atoms with Crippen molar-refractivity contribution in [2.24, 2.45) is 0 Å². The van der Waals surface area contributed by atoms with E-state index in [2.05, 4.69) is 14.7 Å². The summed E-state index contributed by atoms with van der Waals surface area (Å²) in [6.07, 6.45) is 1.82. The molecule has 106 valence electrons. The largest absolute Gasteiger partial charge is 0.497 e. The molecule has 0 bridgehead atoms. The van der Waals surface area contributed by atoms with Gasteiger partial charge in [0.1, 0.15) is 5.75 Å². The van der Waals surface area contributed by atoms with Crippen LogP contribution in [0.5, 0.6) is 5.75 Å². The second-order valence-electron chi connectivity index (χ2n) is 4.11. The average molecular weight is 292 g/mol. The minimum absolute atomic E-state index is 0.306. The molecule has 0 saturated heterocycles. The molecule has 0 atom stereocenters. The SMILES string of the molecule is COC(=O)C(C)=CCSc1nc2ccc(OC)cc2[nH]1. The first-order chi connectivity index (χ1) is 9.63. The molecule has 0 spiro atoms. The topological polar surface area (TPSA) is 64.2 Å². The molecular formula is C14H16N2O3S. The number of rotatable bonds is 5. The number of carbonyl (C=O) groups is 1. The highest BCUT2D eigenvalue weighted by atomic mass is 32.2. The molecule has 1 N–H and O–H groups in total. The molecule has 1 aromatic heterocycles. The third-order valence-electron chi connectivity index (χ3n) is 2.78. The first kappa shape index (κ1) is 14.5. The van der Waals surface area contributed by atoms with Gasteiger partial charge in [-0.2, -0.15) is 0 Å². The summed E-state index contributed by atoms with van der Waals surface area (Å²) < 4.78 is 9.80.